The van der Waals surface area contributed by atoms with Crippen LogP contribution in [-0.4, -0.2) is 24.9 Å². The van der Waals surface area contributed by atoms with Gasteiger partial charge < -0.3 is 4.90 Å². The second-order valence-corrected chi connectivity index (χ2v) is 5.10. The van der Waals surface area contributed by atoms with Crippen LogP contribution in [0.5, 0.6) is 0 Å². The average Bonchev–Trinajstić information content (AvgIpc) is 3.05. The van der Waals surface area contributed by atoms with E-state index in [0.29, 0.717) is 0 Å². The van der Waals surface area contributed by atoms with E-state index in [1.807, 2.05) is 24.3 Å². The fourth-order valence-electron chi connectivity index (χ4n) is 1.79. The molecule has 17 heavy (non-hydrogen) atoms. The summed E-state index contributed by atoms with van der Waals surface area (Å²) in [5, 5.41) is 9.20. The Hall–Kier alpha value is -1.60. The number of benzene rings is 1. The summed E-state index contributed by atoms with van der Waals surface area (Å²) in [6.45, 7) is 0. The summed E-state index contributed by atoms with van der Waals surface area (Å²) in [7, 11) is 3.32. The first-order valence-corrected chi connectivity index (χ1v) is 5.93. The summed E-state index contributed by atoms with van der Waals surface area (Å²) >= 11 is 3.35. The first kappa shape index (κ1) is 11.9. The lowest BCUT2D eigenvalue weighted by molar-refractivity contribution is -0.131. The maximum atomic E-state index is 12.0. The Labute approximate surface area is 108 Å². The maximum Gasteiger partial charge on any atom is 0.251 e. The van der Waals surface area contributed by atoms with E-state index in [4.69, 9.17) is 0 Å². The molecule has 0 radical (unpaired) electrons. The van der Waals surface area contributed by atoms with Crippen LogP contribution >= 0.6 is 15.9 Å². The first-order valence-electron chi connectivity index (χ1n) is 5.13. The van der Waals surface area contributed by atoms with Gasteiger partial charge in [0.1, 0.15) is 0 Å². The highest BCUT2D eigenvalue weighted by atomic mass is 79.9. The standard InChI is InChI=1S/C13H11BrN2O/c1-16(2)12(17)13(8-15)7-11(13)9-3-5-10(14)6-4-9/h3-7H,1-2H3. The topological polar surface area (TPSA) is 44.1 Å². The van der Waals surface area contributed by atoms with E-state index in [-0.39, 0.29) is 5.91 Å². The van der Waals surface area contributed by atoms with Crippen molar-refractivity contribution in [1.82, 2.24) is 4.90 Å². The lowest BCUT2D eigenvalue weighted by Gasteiger charge is -2.15. The molecule has 0 saturated carbocycles. The number of nitrogens with zero attached hydrogens (tertiary/aromatic N) is 2. The van der Waals surface area contributed by atoms with Gasteiger partial charge in [-0.25, -0.2) is 0 Å². The minimum Gasteiger partial charge on any atom is -0.347 e. The fourth-order valence-corrected chi connectivity index (χ4v) is 2.06. The van der Waals surface area contributed by atoms with E-state index >= 15 is 0 Å². The first-order chi connectivity index (χ1) is 8.01. The minimum atomic E-state index is -1.04. The number of halogens is 1. The largest absolute Gasteiger partial charge is 0.347 e. The van der Waals surface area contributed by atoms with E-state index < -0.39 is 5.41 Å². The monoisotopic (exact) mass is 290 g/mol. The van der Waals surface area contributed by atoms with E-state index in [9.17, 15) is 10.1 Å². The van der Waals surface area contributed by atoms with Crippen LogP contribution in [0.15, 0.2) is 34.8 Å². The summed E-state index contributed by atoms with van der Waals surface area (Å²) in [6, 6.07) is 9.70. The van der Waals surface area contributed by atoms with Gasteiger partial charge in [-0.1, -0.05) is 28.1 Å². The van der Waals surface area contributed by atoms with Crippen molar-refractivity contribution in [3.05, 3.63) is 40.4 Å². The zero-order valence-corrected chi connectivity index (χ0v) is 11.2. The SMILES string of the molecule is CN(C)C(=O)C1(C#N)C=C1c1ccc(Br)cc1. The van der Waals surface area contributed by atoms with Gasteiger partial charge in [-0.3, -0.25) is 4.79 Å². The van der Waals surface area contributed by atoms with Crippen LogP contribution in [0.3, 0.4) is 0 Å². The van der Waals surface area contributed by atoms with Gasteiger partial charge in [0.2, 0.25) is 0 Å². The Bertz CT molecular complexity index is 540. The van der Waals surface area contributed by atoms with E-state index in [2.05, 4.69) is 22.0 Å². The third kappa shape index (κ3) is 1.87. The molecule has 1 amide bonds. The van der Waals surface area contributed by atoms with Crippen molar-refractivity contribution >= 4 is 27.4 Å². The quantitative estimate of drug-likeness (QED) is 0.840. The third-order valence-electron chi connectivity index (χ3n) is 2.78. The minimum absolute atomic E-state index is 0.182. The van der Waals surface area contributed by atoms with Crippen molar-refractivity contribution in [2.45, 2.75) is 0 Å². The van der Waals surface area contributed by atoms with Crippen LogP contribution in [-0.2, 0) is 4.79 Å². The van der Waals surface area contributed by atoms with Crippen molar-refractivity contribution in [3.63, 3.8) is 0 Å². The molecular weight excluding hydrogens is 280 g/mol. The zero-order valence-electron chi connectivity index (χ0n) is 9.57. The number of hydrogen-bond acceptors (Lipinski definition) is 2. The molecule has 1 aliphatic rings. The summed E-state index contributed by atoms with van der Waals surface area (Å²) in [6.07, 6.45) is 1.72. The molecule has 1 aromatic carbocycles. The number of nitriles is 1. The van der Waals surface area contributed by atoms with Crippen molar-refractivity contribution in [3.8, 4) is 6.07 Å². The van der Waals surface area contributed by atoms with Gasteiger partial charge >= 0.3 is 0 Å². The summed E-state index contributed by atoms with van der Waals surface area (Å²) < 4.78 is 0.976. The fraction of sp³-hybridized carbons (Fsp3) is 0.231. The molecule has 2 rings (SSSR count). The molecule has 0 N–H and O–H groups in total. The van der Waals surface area contributed by atoms with Crippen LogP contribution in [0.25, 0.3) is 5.57 Å². The molecular formula is C13H11BrN2O. The number of carbonyl (C=O) groups excluding carboxylic acids is 1. The van der Waals surface area contributed by atoms with Crippen LogP contribution in [0.2, 0.25) is 0 Å². The second-order valence-electron chi connectivity index (χ2n) is 4.18. The van der Waals surface area contributed by atoms with Gasteiger partial charge in [-0.05, 0) is 29.3 Å². The van der Waals surface area contributed by atoms with Gasteiger partial charge in [-0.15, -0.1) is 0 Å². The second kappa shape index (κ2) is 4.01. The molecule has 3 nitrogen and oxygen atoms in total. The van der Waals surface area contributed by atoms with Crippen LogP contribution < -0.4 is 0 Å². The van der Waals surface area contributed by atoms with Crippen LogP contribution in [0.1, 0.15) is 5.56 Å². The molecule has 0 aromatic heterocycles. The van der Waals surface area contributed by atoms with Crippen LogP contribution in [0, 0.1) is 16.7 Å². The Morgan fingerprint density at radius 2 is 1.94 bits per heavy atom. The average molecular weight is 291 g/mol. The molecule has 0 saturated heterocycles. The number of rotatable bonds is 2. The van der Waals surface area contributed by atoms with Crippen molar-refractivity contribution in [2.75, 3.05) is 14.1 Å². The number of carbonyl (C=O) groups is 1. The lowest BCUT2D eigenvalue weighted by atomic mass is 9.96. The molecule has 0 heterocycles. The highest BCUT2D eigenvalue weighted by Gasteiger charge is 2.53. The van der Waals surface area contributed by atoms with E-state index in [1.54, 1.807) is 20.2 Å². The highest BCUT2D eigenvalue weighted by molar-refractivity contribution is 9.10. The smallest absolute Gasteiger partial charge is 0.251 e. The number of hydrogen-bond donors (Lipinski definition) is 0. The van der Waals surface area contributed by atoms with Crippen molar-refractivity contribution < 1.29 is 4.79 Å². The van der Waals surface area contributed by atoms with E-state index in [0.717, 1.165) is 15.6 Å². The van der Waals surface area contributed by atoms with Gasteiger partial charge in [0.25, 0.3) is 5.91 Å². The normalized spacial score (nSPS) is 21.4. The Kier molecular flexibility index (Phi) is 2.80. The molecule has 0 spiro atoms. The molecule has 0 aliphatic heterocycles. The Balaban J connectivity index is 2.28. The van der Waals surface area contributed by atoms with Crippen LogP contribution in [0.4, 0.5) is 0 Å². The Morgan fingerprint density at radius 1 is 1.35 bits per heavy atom. The summed E-state index contributed by atoms with van der Waals surface area (Å²) in [5.41, 5.74) is 0.674. The van der Waals surface area contributed by atoms with Crippen molar-refractivity contribution in [2.24, 2.45) is 5.41 Å². The molecule has 0 fully saturated rings. The molecule has 1 aromatic rings. The van der Waals surface area contributed by atoms with Gasteiger partial charge in [0, 0.05) is 18.6 Å². The van der Waals surface area contributed by atoms with Gasteiger partial charge in [-0.2, -0.15) is 5.26 Å². The molecule has 1 atom stereocenters. The molecule has 0 bridgehead atoms. The highest BCUT2D eigenvalue weighted by Crippen LogP contribution is 2.51. The summed E-state index contributed by atoms with van der Waals surface area (Å²) in [5.74, 6) is -0.182. The summed E-state index contributed by atoms with van der Waals surface area (Å²) in [4.78, 5) is 13.4. The molecule has 1 unspecified atom stereocenters. The predicted octanol–water partition coefficient (Wildman–Crippen LogP) is 2.44. The zero-order chi connectivity index (χ0) is 12.6. The Morgan fingerprint density at radius 3 is 2.41 bits per heavy atom. The molecule has 86 valence electrons. The predicted molar refractivity (Wildman–Crippen MR) is 68.9 cm³/mol. The van der Waals surface area contributed by atoms with Crippen molar-refractivity contribution in [1.29, 1.82) is 5.26 Å². The number of amides is 1. The maximum absolute atomic E-state index is 12.0. The molecule has 1 aliphatic carbocycles. The van der Waals surface area contributed by atoms with Gasteiger partial charge in [0.05, 0.1) is 6.07 Å². The van der Waals surface area contributed by atoms with Gasteiger partial charge in [0.15, 0.2) is 5.41 Å². The lowest BCUT2D eigenvalue weighted by Crippen LogP contribution is -2.31. The van der Waals surface area contributed by atoms with E-state index in [1.165, 1.54) is 4.90 Å². The molecule has 4 heteroatoms. The third-order valence-corrected chi connectivity index (χ3v) is 3.31.